The molecule has 0 unspecified atom stereocenters. The summed E-state index contributed by atoms with van der Waals surface area (Å²) < 4.78 is 2.23. The molecule has 0 aliphatic carbocycles. The molecule has 0 fully saturated rings. The first-order valence-corrected chi connectivity index (χ1v) is 10.8. The monoisotopic (exact) mass is 408 g/mol. The molecule has 0 saturated heterocycles. The van der Waals surface area contributed by atoms with Gasteiger partial charge in [-0.15, -0.1) is 10.2 Å². The average Bonchev–Trinajstić information content (AvgIpc) is 3.08. The van der Waals surface area contributed by atoms with E-state index in [2.05, 4.69) is 32.2 Å². The lowest BCUT2D eigenvalue weighted by Crippen LogP contribution is -2.11. The summed E-state index contributed by atoms with van der Waals surface area (Å²) in [5.41, 5.74) is 4.64. The summed E-state index contributed by atoms with van der Waals surface area (Å²) >= 11 is 0. The van der Waals surface area contributed by atoms with Crippen LogP contribution in [0.5, 0.6) is 0 Å². The molecule has 5 rings (SSSR count). The lowest BCUT2D eigenvalue weighted by atomic mass is 10.0. The van der Waals surface area contributed by atoms with Crippen LogP contribution in [-0.2, 0) is 13.0 Å². The summed E-state index contributed by atoms with van der Waals surface area (Å²) in [6.45, 7) is 0.967. The van der Waals surface area contributed by atoms with E-state index in [0.29, 0.717) is 5.56 Å². The lowest BCUT2D eigenvalue weighted by molar-refractivity contribution is 0.102. The maximum Gasteiger partial charge on any atom is 0.255 e. The maximum absolute atomic E-state index is 12.7. The standard InChI is InChI=1S/C26H24N4O/c31-26(22-12-10-20(11-13-22)19-7-3-1-4-8-19)27-23-16-14-21(15-17-23)25-29-28-24-9-5-2-6-18-30(24)25/h1,3-4,7-8,10-17H,2,5-6,9,18H2,(H,27,31). The molecule has 1 aromatic heterocycles. The SMILES string of the molecule is O=C(Nc1ccc(-c2nnc3n2CCCCC3)cc1)c1ccc(-c2ccccc2)cc1. The Morgan fingerprint density at radius 3 is 2.23 bits per heavy atom. The lowest BCUT2D eigenvalue weighted by Gasteiger charge is -2.09. The summed E-state index contributed by atoms with van der Waals surface area (Å²) in [6, 6.07) is 25.6. The number of anilines is 1. The highest BCUT2D eigenvalue weighted by molar-refractivity contribution is 6.04. The summed E-state index contributed by atoms with van der Waals surface area (Å²) in [4.78, 5) is 12.7. The number of fused-ring (bicyclic) bond motifs is 1. The number of benzene rings is 3. The molecule has 1 aliphatic heterocycles. The third kappa shape index (κ3) is 4.12. The van der Waals surface area contributed by atoms with Crippen molar-refractivity contribution in [2.75, 3.05) is 5.32 Å². The molecule has 0 atom stereocenters. The Morgan fingerprint density at radius 2 is 1.45 bits per heavy atom. The normalized spacial score (nSPS) is 13.3. The van der Waals surface area contributed by atoms with Crippen molar-refractivity contribution in [1.82, 2.24) is 14.8 Å². The number of rotatable bonds is 4. The van der Waals surface area contributed by atoms with Gasteiger partial charge < -0.3 is 9.88 Å². The molecule has 2 heterocycles. The molecule has 0 bridgehead atoms. The van der Waals surface area contributed by atoms with Gasteiger partial charge in [-0.25, -0.2) is 0 Å². The van der Waals surface area contributed by atoms with Gasteiger partial charge in [0.1, 0.15) is 5.82 Å². The summed E-state index contributed by atoms with van der Waals surface area (Å²) in [6.07, 6.45) is 4.56. The largest absolute Gasteiger partial charge is 0.322 e. The molecule has 31 heavy (non-hydrogen) atoms. The molecule has 1 amide bonds. The molecular formula is C26H24N4O. The number of amides is 1. The van der Waals surface area contributed by atoms with Gasteiger partial charge in [0.2, 0.25) is 0 Å². The molecule has 154 valence electrons. The van der Waals surface area contributed by atoms with Crippen LogP contribution in [0.15, 0.2) is 78.9 Å². The number of aryl methyl sites for hydroxylation is 1. The van der Waals surface area contributed by atoms with E-state index < -0.39 is 0 Å². The van der Waals surface area contributed by atoms with Gasteiger partial charge in [-0.2, -0.15) is 0 Å². The minimum Gasteiger partial charge on any atom is -0.322 e. The van der Waals surface area contributed by atoms with Crippen molar-refractivity contribution >= 4 is 11.6 Å². The van der Waals surface area contributed by atoms with Crippen molar-refractivity contribution in [2.45, 2.75) is 32.2 Å². The summed E-state index contributed by atoms with van der Waals surface area (Å²) in [5.74, 6) is 1.86. The highest BCUT2D eigenvalue weighted by atomic mass is 16.1. The van der Waals surface area contributed by atoms with E-state index in [1.807, 2.05) is 66.7 Å². The van der Waals surface area contributed by atoms with E-state index in [1.165, 1.54) is 12.8 Å². The van der Waals surface area contributed by atoms with E-state index in [0.717, 1.165) is 53.4 Å². The Morgan fingerprint density at radius 1 is 0.742 bits per heavy atom. The topological polar surface area (TPSA) is 59.8 Å². The van der Waals surface area contributed by atoms with Gasteiger partial charge >= 0.3 is 0 Å². The van der Waals surface area contributed by atoms with Crippen molar-refractivity contribution in [2.24, 2.45) is 0 Å². The molecular weight excluding hydrogens is 384 g/mol. The summed E-state index contributed by atoms with van der Waals surface area (Å²) in [5, 5.41) is 11.8. The van der Waals surface area contributed by atoms with Crippen LogP contribution in [0.3, 0.4) is 0 Å². The zero-order valence-electron chi connectivity index (χ0n) is 17.3. The molecule has 0 saturated carbocycles. The third-order valence-electron chi connectivity index (χ3n) is 5.76. The van der Waals surface area contributed by atoms with Crippen molar-refractivity contribution in [1.29, 1.82) is 0 Å². The molecule has 1 aliphatic rings. The molecule has 1 N–H and O–H groups in total. The van der Waals surface area contributed by atoms with Gasteiger partial charge in [0, 0.05) is 29.8 Å². The quantitative estimate of drug-likeness (QED) is 0.479. The van der Waals surface area contributed by atoms with Gasteiger partial charge in [-0.3, -0.25) is 4.79 Å². The highest BCUT2D eigenvalue weighted by Gasteiger charge is 2.16. The van der Waals surface area contributed by atoms with Gasteiger partial charge in [-0.1, -0.05) is 48.9 Å². The first-order valence-electron chi connectivity index (χ1n) is 10.8. The Balaban J connectivity index is 1.29. The smallest absolute Gasteiger partial charge is 0.255 e. The predicted octanol–water partition coefficient (Wildman–Crippen LogP) is 5.59. The van der Waals surface area contributed by atoms with Gasteiger partial charge in [0.15, 0.2) is 5.82 Å². The Hall–Kier alpha value is -3.73. The zero-order valence-corrected chi connectivity index (χ0v) is 17.3. The van der Waals surface area contributed by atoms with Crippen LogP contribution in [0.4, 0.5) is 5.69 Å². The first kappa shape index (κ1) is 19.2. The number of carbonyl (C=O) groups is 1. The first-order chi connectivity index (χ1) is 15.3. The van der Waals surface area contributed by atoms with E-state index in [1.54, 1.807) is 0 Å². The van der Waals surface area contributed by atoms with Crippen LogP contribution in [-0.4, -0.2) is 20.7 Å². The fourth-order valence-corrected chi connectivity index (χ4v) is 4.05. The number of aromatic nitrogens is 3. The Kier molecular flexibility index (Phi) is 5.31. The predicted molar refractivity (Wildman–Crippen MR) is 123 cm³/mol. The second kappa shape index (κ2) is 8.56. The van der Waals surface area contributed by atoms with Crippen molar-refractivity contribution in [3.8, 4) is 22.5 Å². The second-order valence-corrected chi connectivity index (χ2v) is 7.88. The van der Waals surface area contributed by atoms with E-state index in [9.17, 15) is 4.79 Å². The minimum atomic E-state index is -0.122. The van der Waals surface area contributed by atoms with Gasteiger partial charge in [0.05, 0.1) is 0 Å². The van der Waals surface area contributed by atoms with Crippen LogP contribution in [0, 0.1) is 0 Å². The second-order valence-electron chi connectivity index (χ2n) is 7.88. The molecule has 3 aromatic carbocycles. The average molecular weight is 409 g/mol. The summed E-state index contributed by atoms with van der Waals surface area (Å²) in [7, 11) is 0. The molecule has 0 spiro atoms. The maximum atomic E-state index is 12.7. The fraction of sp³-hybridized carbons (Fsp3) is 0.192. The van der Waals surface area contributed by atoms with Crippen LogP contribution >= 0.6 is 0 Å². The van der Waals surface area contributed by atoms with Gasteiger partial charge in [0.25, 0.3) is 5.91 Å². The number of nitrogens with zero attached hydrogens (tertiary/aromatic N) is 3. The van der Waals surface area contributed by atoms with E-state index in [-0.39, 0.29) is 5.91 Å². The van der Waals surface area contributed by atoms with Crippen LogP contribution in [0.2, 0.25) is 0 Å². The molecule has 5 heteroatoms. The highest BCUT2D eigenvalue weighted by Crippen LogP contribution is 2.24. The number of hydrogen-bond donors (Lipinski definition) is 1. The van der Waals surface area contributed by atoms with Crippen molar-refractivity contribution in [3.63, 3.8) is 0 Å². The van der Waals surface area contributed by atoms with E-state index in [4.69, 9.17) is 0 Å². The fourth-order valence-electron chi connectivity index (χ4n) is 4.05. The van der Waals surface area contributed by atoms with E-state index >= 15 is 0 Å². The van der Waals surface area contributed by atoms with Gasteiger partial charge in [-0.05, 0) is 60.4 Å². The van der Waals surface area contributed by atoms with Crippen molar-refractivity contribution in [3.05, 3.63) is 90.3 Å². The zero-order chi connectivity index (χ0) is 21.0. The molecule has 0 radical (unpaired) electrons. The van der Waals surface area contributed by atoms with Crippen LogP contribution in [0.1, 0.15) is 35.4 Å². The number of carbonyl (C=O) groups excluding carboxylic acids is 1. The third-order valence-corrected chi connectivity index (χ3v) is 5.76. The number of hydrogen-bond acceptors (Lipinski definition) is 3. The number of nitrogens with one attached hydrogen (secondary N) is 1. The minimum absolute atomic E-state index is 0.122. The molecule has 4 aromatic rings. The Labute approximate surface area is 181 Å². The van der Waals surface area contributed by atoms with Crippen LogP contribution < -0.4 is 5.32 Å². The Bertz CT molecular complexity index is 1180. The van der Waals surface area contributed by atoms with Crippen LogP contribution in [0.25, 0.3) is 22.5 Å². The van der Waals surface area contributed by atoms with Crippen molar-refractivity contribution < 1.29 is 4.79 Å². The molecule has 5 nitrogen and oxygen atoms in total.